The molecular formula is C19H20BrN5O3. The van der Waals surface area contributed by atoms with E-state index in [1.165, 1.54) is 23.9 Å². The van der Waals surface area contributed by atoms with Gasteiger partial charge in [-0.1, -0.05) is 12.1 Å². The number of anilines is 1. The predicted octanol–water partition coefficient (Wildman–Crippen LogP) is 3.41. The zero-order valence-corrected chi connectivity index (χ0v) is 17.3. The van der Waals surface area contributed by atoms with E-state index in [2.05, 4.69) is 31.4 Å². The number of aryl methyl sites for hydroxylation is 1. The highest BCUT2D eigenvalue weighted by Gasteiger charge is 2.17. The summed E-state index contributed by atoms with van der Waals surface area (Å²) >= 11 is 3.52. The average Bonchev–Trinajstić information content (AvgIpc) is 3.23. The van der Waals surface area contributed by atoms with Gasteiger partial charge in [0, 0.05) is 11.9 Å². The van der Waals surface area contributed by atoms with Gasteiger partial charge in [0.25, 0.3) is 5.91 Å². The number of benzene rings is 1. The van der Waals surface area contributed by atoms with Crippen LogP contribution < -0.4 is 5.32 Å². The summed E-state index contributed by atoms with van der Waals surface area (Å²) in [6.45, 7) is 6.00. The van der Waals surface area contributed by atoms with Crippen LogP contribution in [0, 0.1) is 13.8 Å². The van der Waals surface area contributed by atoms with Gasteiger partial charge in [-0.15, -0.1) is 0 Å². The number of nitrogens with one attached hydrogen (secondary N) is 1. The Labute approximate surface area is 170 Å². The molecule has 2 heterocycles. The lowest BCUT2D eigenvalue weighted by Crippen LogP contribution is -2.18. The first-order valence-electron chi connectivity index (χ1n) is 8.64. The van der Waals surface area contributed by atoms with Gasteiger partial charge in [0.15, 0.2) is 5.69 Å². The molecule has 0 fully saturated rings. The third kappa shape index (κ3) is 4.14. The van der Waals surface area contributed by atoms with Gasteiger partial charge in [0.2, 0.25) is 0 Å². The second-order valence-corrected chi connectivity index (χ2v) is 7.29. The van der Waals surface area contributed by atoms with Crippen LogP contribution in [-0.2, 0) is 11.3 Å². The van der Waals surface area contributed by atoms with Crippen molar-refractivity contribution in [2.45, 2.75) is 33.4 Å². The fourth-order valence-electron chi connectivity index (χ4n) is 2.73. The van der Waals surface area contributed by atoms with Crippen LogP contribution in [0.4, 0.5) is 5.69 Å². The molecule has 28 heavy (non-hydrogen) atoms. The second kappa shape index (κ2) is 7.97. The van der Waals surface area contributed by atoms with E-state index in [9.17, 15) is 9.59 Å². The third-order valence-corrected chi connectivity index (χ3v) is 5.55. The summed E-state index contributed by atoms with van der Waals surface area (Å²) in [5.74, 6) is -1.42. The fourth-order valence-corrected chi connectivity index (χ4v) is 3.02. The van der Waals surface area contributed by atoms with Crippen molar-refractivity contribution in [2.24, 2.45) is 0 Å². The zero-order valence-electron chi connectivity index (χ0n) is 15.7. The molecule has 9 heteroatoms. The molecule has 146 valence electrons. The van der Waals surface area contributed by atoms with Crippen LogP contribution in [0.2, 0.25) is 0 Å². The van der Waals surface area contributed by atoms with Crippen molar-refractivity contribution < 1.29 is 14.7 Å². The number of carboxylic acid groups (broad SMARTS) is 1. The summed E-state index contributed by atoms with van der Waals surface area (Å²) in [5, 5.41) is 20.4. The number of aromatic nitrogens is 4. The maximum atomic E-state index is 12.4. The van der Waals surface area contributed by atoms with Crippen LogP contribution in [0.25, 0.3) is 0 Å². The molecule has 0 saturated heterocycles. The Hall–Kier alpha value is -2.94. The first-order valence-corrected chi connectivity index (χ1v) is 9.43. The molecule has 1 atom stereocenters. The molecule has 3 aromatic rings. The maximum absolute atomic E-state index is 12.4. The average molecular weight is 446 g/mol. The molecule has 2 N–H and O–H groups in total. The number of hydrogen-bond donors (Lipinski definition) is 2. The van der Waals surface area contributed by atoms with Gasteiger partial charge in [-0.3, -0.25) is 14.2 Å². The Balaban J connectivity index is 1.73. The van der Waals surface area contributed by atoms with Gasteiger partial charge in [0.1, 0.15) is 6.04 Å². The monoisotopic (exact) mass is 445 g/mol. The van der Waals surface area contributed by atoms with Crippen molar-refractivity contribution >= 4 is 33.5 Å². The Bertz CT molecular complexity index is 1040. The molecule has 2 aromatic heterocycles. The molecule has 0 radical (unpaired) electrons. The molecule has 0 spiro atoms. The lowest BCUT2D eigenvalue weighted by molar-refractivity contribution is -0.140. The maximum Gasteiger partial charge on any atom is 0.328 e. The van der Waals surface area contributed by atoms with Crippen LogP contribution >= 0.6 is 15.9 Å². The minimum absolute atomic E-state index is 0.154. The number of aliphatic carboxylic acids is 1. The van der Waals surface area contributed by atoms with Crippen molar-refractivity contribution in [1.82, 2.24) is 19.6 Å². The summed E-state index contributed by atoms with van der Waals surface area (Å²) in [7, 11) is 0. The smallest absolute Gasteiger partial charge is 0.328 e. The topological polar surface area (TPSA) is 102 Å². The molecule has 0 bridgehead atoms. The number of carbonyl (C=O) groups is 2. The van der Waals surface area contributed by atoms with E-state index in [4.69, 9.17) is 5.11 Å². The summed E-state index contributed by atoms with van der Waals surface area (Å²) in [4.78, 5) is 23.5. The molecule has 1 unspecified atom stereocenters. The lowest BCUT2D eigenvalue weighted by Gasteiger charge is -2.08. The Morgan fingerprint density at radius 1 is 1.25 bits per heavy atom. The van der Waals surface area contributed by atoms with E-state index in [-0.39, 0.29) is 5.69 Å². The summed E-state index contributed by atoms with van der Waals surface area (Å²) in [5.41, 5.74) is 3.73. The minimum atomic E-state index is -1.02. The van der Waals surface area contributed by atoms with Crippen molar-refractivity contribution in [2.75, 3.05) is 5.32 Å². The van der Waals surface area contributed by atoms with Gasteiger partial charge in [0.05, 0.1) is 22.4 Å². The third-order valence-electron chi connectivity index (χ3n) is 4.41. The number of rotatable bonds is 6. The fraction of sp³-hybridized carbons (Fsp3) is 0.263. The summed E-state index contributed by atoms with van der Waals surface area (Å²) < 4.78 is 4.13. The second-order valence-electron chi connectivity index (χ2n) is 6.49. The molecule has 1 amide bonds. The highest BCUT2D eigenvalue weighted by Crippen LogP contribution is 2.21. The first kappa shape index (κ1) is 19.8. The van der Waals surface area contributed by atoms with Crippen LogP contribution in [0.1, 0.15) is 40.4 Å². The van der Waals surface area contributed by atoms with E-state index in [1.807, 2.05) is 36.7 Å². The van der Waals surface area contributed by atoms with Crippen LogP contribution in [0.15, 0.2) is 41.0 Å². The summed E-state index contributed by atoms with van der Waals surface area (Å²) in [6.07, 6.45) is 1.48. The van der Waals surface area contributed by atoms with Gasteiger partial charge in [-0.05, 0) is 60.5 Å². The first-order chi connectivity index (χ1) is 13.3. The number of nitrogens with zero attached hydrogens (tertiary/aromatic N) is 4. The minimum Gasteiger partial charge on any atom is -0.480 e. The number of hydrogen-bond acceptors (Lipinski definition) is 4. The summed E-state index contributed by atoms with van der Waals surface area (Å²) in [6, 6.07) is 8.13. The van der Waals surface area contributed by atoms with Crippen molar-refractivity contribution in [3.8, 4) is 0 Å². The molecule has 0 aliphatic heterocycles. The van der Waals surface area contributed by atoms with Crippen LogP contribution in [-0.4, -0.2) is 36.5 Å². The van der Waals surface area contributed by atoms with Crippen molar-refractivity contribution in [3.63, 3.8) is 0 Å². The van der Waals surface area contributed by atoms with E-state index in [0.717, 1.165) is 21.4 Å². The van der Waals surface area contributed by atoms with Gasteiger partial charge in [-0.2, -0.15) is 10.2 Å². The van der Waals surface area contributed by atoms with Crippen molar-refractivity contribution in [3.05, 3.63) is 63.6 Å². The SMILES string of the molecule is Cc1nn(Cc2cccc(NC(=O)c3ccn(C(C)C(=O)O)n3)c2)c(C)c1Br. The molecule has 0 aliphatic carbocycles. The van der Waals surface area contributed by atoms with E-state index in [0.29, 0.717) is 12.2 Å². The number of halogens is 1. The molecule has 1 aromatic carbocycles. The van der Waals surface area contributed by atoms with Gasteiger partial charge < -0.3 is 10.4 Å². The number of amides is 1. The Kier molecular flexibility index (Phi) is 5.64. The van der Waals surface area contributed by atoms with Crippen LogP contribution in [0.3, 0.4) is 0 Å². The largest absolute Gasteiger partial charge is 0.480 e. The molecule has 0 aliphatic rings. The molecule has 0 saturated carbocycles. The van der Waals surface area contributed by atoms with Gasteiger partial charge >= 0.3 is 5.97 Å². The quantitative estimate of drug-likeness (QED) is 0.605. The normalized spacial score (nSPS) is 12.0. The Morgan fingerprint density at radius 3 is 2.64 bits per heavy atom. The van der Waals surface area contributed by atoms with Crippen LogP contribution in [0.5, 0.6) is 0 Å². The molecule has 3 rings (SSSR count). The van der Waals surface area contributed by atoms with Crippen molar-refractivity contribution in [1.29, 1.82) is 0 Å². The highest BCUT2D eigenvalue weighted by molar-refractivity contribution is 9.10. The van der Waals surface area contributed by atoms with Gasteiger partial charge in [-0.25, -0.2) is 4.79 Å². The highest BCUT2D eigenvalue weighted by atomic mass is 79.9. The van der Waals surface area contributed by atoms with E-state index < -0.39 is 17.9 Å². The van der Waals surface area contributed by atoms with E-state index in [1.54, 1.807) is 6.07 Å². The Morgan fingerprint density at radius 2 is 2.00 bits per heavy atom. The molecular weight excluding hydrogens is 426 g/mol. The number of carboxylic acids is 1. The zero-order chi connectivity index (χ0) is 20.4. The predicted molar refractivity (Wildman–Crippen MR) is 107 cm³/mol. The number of carbonyl (C=O) groups excluding carboxylic acids is 1. The molecule has 8 nitrogen and oxygen atoms in total. The standard InChI is InChI=1S/C19H20BrN5O3/c1-11-17(20)12(2)25(22-11)10-14-5-4-6-15(9-14)21-18(26)16-7-8-24(23-16)13(3)19(27)28/h4-9,13H,10H2,1-3H3,(H,21,26)(H,27,28). The lowest BCUT2D eigenvalue weighted by atomic mass is 10.2. The van der Waals surface area contributed by atoms with E-state index >= 15 is 0 Å².